The highest BCUT2D eigenvalue weighted by Gasteiger charge is 2.29. The molecule has 0 aliphatic rings. The summed E-state index contributed by atoms with van der Waals surface area (Å²) in [7, 11) is 0. The van der Waals surface area contributed by atoms with Crippen molar-refractivity contribution in [1.82, 2.24) is 0 Å². The Kier molecular flexibility index (Phi) is 3.38. The number of hydrogen-bond acceptors (Lipinski definition) is 2. The second kappa shape index (κ2) is 4.54. The van der Waals surface area contributed by atoms with Gasteiger partial charge in [0.05, 0.1) is 0 Å². The molecule has 80 valence electrons. The van der Waals surface area contributed by atoms with Gasteiger partial charge in [0.2, 0.25) is 0 Å². The van der Waals surface area contributed by atoms with Gasteiger partial charge in [-0.3, -0.25) is 4.79 Å². The van der Waals surface area contributed by atoms with Crippen LogP contribution in [-0.4, -0.2) is 22.2 Å². The summed E-state index contributed by atoms with van der Waals surface area (Å²) in [6.45, 7) is 1.87. The van der Waals surface area contributed by atoms with Crippen LogP contribution in [0.1, 0.15) is 18.0 Å². The van der Waals surface area contributed by atoms with E-state index in [-0.39, 0.29) is 0 Å². The summed E-state index contributed by atoms with van der Waals surface area (Å²) < 4.78 is 1.38. The zero-order valence-corrected chi connectivity index (χ0v) is 8.25. The van der Waals surface area contributed by atoms with Crippen LogP contribution in [0.3, 0.4) is 0 Å². The van der Waals surface area contributed by atoms with Gasteiger partial charge in [-0.2, -0.15) is 4.57 Å². The highest BCUT2D eigenvalue weighted by atomic mass is 16.4. The lowest BCUT2D eigenvalue weighted by molar-refractivity contribution is -0.710. The van der Waals surface area contributed by atoms with Gasteiger partial charge in [0.15, 0.2) is 12.4 Å². The van der Waals surface area contributed by atoms with Crippen molar-refractivity contribution in [3.8, 4) is 0 Å². The van der Waals surface area contributed by atoms with Gasteiger partial charge in [0, 0.05) is 12.1 Å². The highest BCUT2D eigenvalue weighted by Crippen LogP contribution is 2.03. The number of aryl methyl sites for hydroxylation is 1. The molecule has 1 unspecified atom stereocenters. The summed E-state index contributed by atoms with van der Waals surface area (Å²) in [5.41, 5.74) is 0.991. The van der Waals surface area contributed by atoms with E-state index in [1.807, 2.05) is 6.92 Å². The third kappa shape index (κ3) is 3.05. The second-order valence-electron chi connectivity index (χ2n) is 3.27. The largest absolute Gasteiger partial charge is 0.481 e. The van der Waals surface area contributed by atoms with Crippen LogP contribution >= 0.6 is 0 Å². The smallest absolute Gasteiger partial charge is 0.374 e. The molecule has 15 heavy (non-hydrogen) atoms. The van der Waals surface area contributed by atoms with Gasteiger partial charge < -0.3 is 10.2 Å². The summed E-state index contributed by atoms with van der Waals surface area (Å²) in [6.07, 6.45) is 2.71. The molecular formula is C10H12NO4+. The van der Waals surface area contributed by atoms with E-state index in [9.17, 15) is 9.59 Å². The quantitative estimate of drug-likeness (QED) is 0.704. The van der Waals surface area contributed by atoms with Gasteiger partial charge in [-0.1, -0.05) is 0 Å². The SMILES string of the molecule is Cc1cc[n+](C(CC(=O)O)C(=O)O)cc1. The molecule has 1 aromatic heterocycles. The summed E-state index contributed by atoms with van der Waals surface area (Å²) in [5.74, 6) is -2.28. The Morgan fingerprint density at radius 3 is 2.27 bits per heavy atom. The van der Waals surface area contributed by atoms with Crippen LogP contribution < -0.4 is 4.57 Å². The summed E-state index contributed by atoms with van der Waals surface area (Å²) >= 11 is 0. The van der Waals surface area contributed by atoms with E-state index >= 15 is 0 Å². The van der Waals surface area contributed by atoms with E-state index in [4.69, 9.17) is 10.2 Å². The van der Waals surface area contributed by atoms with Crippen LogP contribution in [0.4, 0.5) is 0 Å². The van der Waals surface area contributed by atoms with Crippen molar-refractivity contribution in [2.24, 2.45) is 0 Å². The molecule has 1 heterocycles. The zero-order valence-electron chi connectivity index (χ0n) is 8.25. The predicted molar refractivity (Wildman–Crippen MR) is 50.3 cm³/mol. The lowest BCUT2D eigenvalue weighted by Crippen LogP contribution is -2.44. The Labute approximate surface area is 86.6 Å². The molecule has 0 fully saturated rings. The topological polar surface area (TPSA) is 78.5 Å². The van der Waals surface area contributed by atoms with E-state index in [1.165, 1.54) is 4.57 Å². The van der Waals surface area contributed by atoms with Crippen molar-refractivity contribution in [2.45, 2.75) is 19.4 Å². The van der Waals surface area contributed by atoms with E-state index < -0.39 is 24.4 Å². The number of carboxylic acid groups (broad SMARTS) is 2. The molecule has 0 amide bonds. The monoisotopic (exact) mass is 210 g/mol. The molecule has 0 saturated heterocycles. The molecule has 1 rings (SSSR count). The Morgan fingerprint density at radius 1 is 1.33 bits per heavy atom. The van der Waals surface area contributed by atoms with Crippen molar-refractivity contribution in [3.05, 3.63) is 30.1 Å². The van der Waals surface area contributed by atoms with Crippen LogP contribution in [0.25, 0.3) is 0 Å². The Hall–Kier alpha value is -1.91. The molecular weight excluding hydrogens is 198 g/mol. The number of rotatable bonds is 4. The average Bonchev–Trinajstić information content (AvgIpc) is 2.15. The first-order valence-corrected chi connectivity index (χ1v) is 4.42. The fourth-order valence-electron chi connectivity index (χ4n) is 1.21. The number of carboxylic acids is 2. The molecule has 0 bridgehead atoms. The molecule has 1 aromatic rings. The molecule has 0 radical (unpaired) electrons. The second-order valence-corrected chi connectivity index (χ2v) is 3.27. The number of hydrogen-bond donors (Lipinski definition) is 2. The van der Waals surface area contributed by atoms with Crippen LogP contribution in [0.2, 0.25) is 0 Å². The van der Waals surface area contributed by atoms with Gasteiger partial charge in [0.1, 0.15) is 6.42 Å². The standard InChI is InChI=1S/C10H11NO4/c1-7-2-4-11(5-3-7)8(10(14)15)6-9(12)13/h2-5,8H,6H2,1H3,(H-,12,13,14,15)/p+1. The zero-order chi connectivity index (χ0) is 11.4. The summed E-state index contributed by atoms with van der Waals surface area (Å²) in [5, 5.41) is 17.4. The summed E-state index contributed by atoms with van der Waals surface area (Å²) in [6, 6.07) is 2.42. The van der Waals surface area contributed by atoms with E-state index in [0.717, 1.165) is 5.56 Å². The van der Waals surface area contributed by atoms with Crippen molar-refractivity contribution >= 4 is 11.9 Å². The number of pyridine rings is 1. The van der Waals surface area contributed by atoms with Crippen LogP contribution in [-0.2, 0) is 9.59 Å². The first kappa shape index (κ1) is 11.2. The Bertz CT molecular complexity index is 372. The minimum absolute atomic E-state index is 0.428. The maximum atomic E-state index is 10.8. The first-order valence-electron chi connectivity index (χ1n) is 4.42. The average molecular weight is 210 g/mol. The molecule has 1 atom stereocenters. The predicted octanol–water partition coefficient (Wildman–Crippen LogP) is 0.383. The van der Waals surface area contributed by atoms with Crippen LogP contribution in [0.5, 0.6) is 0 Å². The number of carbonyl (C=O) groups is 2. The number of aromatic nitrogens is 1. The van der Waals surface area contributed by atoms with Crippen LogP contribution in [0, 0.1) is 6.92 Å². The molecule has 0 aliphatic heterocycles. The van der Waals surface area contributed by atoms with E-state index in [0.29, 0.717) is 0 Å². The minimum Gasteiger partial charge on any atom is -0.481 e. The molecule has 0 aliphatic carbocycles. The van der Waals surface area contributed by atoms with Gasteiger partial charge in [-0.15, -0.1) is 0 Å². The van der Waals surface area contributed by atoms with Gasteiger partial charge in [0.25, 0.3) is 6.04 Å². The van der Waals surface area contributed by atoms with E-state index in [2.05, 4.69) is 0 Å². The first-order chi connectivity index (χ1) is 7.00. The maximum Gasteiger partial charge on any atom is 0.374 e. The molecule has 5 heteroatoms. The Morgan fingerprint density at radius 2 is 1.87 bits per heavy atom. The molecule has 2 N–H and O–H groups in total. The van der Waals surface area contributed by atoms with Gasteiger partial charge >= 0.3 is 11.9 Å². The van der Waals surface area contributed by atoms with Crippen molar-refractivity contribution < 1.29 is 24.4 Å². The fourth-order valence-corrected chi connectivity index (χ4v) is 1.21. The van der Waals surface area contributed by atoms with Crippen LogP contribution in [0.15, 0.2) is 24.5 Å². The third-order valence-corrected chi connectivity index (χ3v) is 2.03. The minimum atomic E-state index is -1.15. The van der Waals surface area contributed by atoms with Gasteiger partial charge in [-0.25, -0.2) is 4.79 Å². The van der Waals surface area contributed by atoms with Crippen molar-refractivity contribution in [3.63, 3.8) is 0 Å². The summed E-state index contributed by atoms with van der Waals surface area (Å²) in [4.78, 5) is 21.3. The fraction of sp³-hybridized carbons (Fsp3) is 0.300. The van der Waals surface area contributed by atoms with E-state index in [1.54, 1.807) is 24.5 Å². The lowest BCUT2D eigenvalue weighted by atomic mass is 10.2. The van der Waals surface area contributed by atoms with Crippen molar-refractivity contribution in [1.29, 1.82) is 0 Å². The maximum absolute atomic E-state index is 10.8. The Balaban J connectivity index is 2.94. The number of aliphatic carboxylic acids is 2. The number of nitrogens with zero attached hydrogens (tertiary/aromatic N) is 1. The lowest BCUT2D eigenvalue weighted by Gasteiger charge is -2.04. The molecule has 0 saturated carbocycles. The van der Waals surface area contributed by atoms with Crippen molar-refractivity contribution in [2.75, 3.05) is 0 Å². The third-order valence-electron chi connectivity index (χ3n) is 2.03. The normalized spacial score (nSPS) is 12.1. The molecule has 5 nitrogen and oxygen atoms in total. The molecule has 0 spiro atoms. The molecule has 0 aromatic carbocycles. The highest BCUT2D eigenvalue weighted by molar-refractivity contribution is 5.77. The van der Waals surface area contributed by atoms with Gasteiger partial charge in [-0.05, 0) is 12.5 Å².